The third-order valence-electron chi connectivity index (χ3n) is 2.82. The van der Waals surface area contributed by atoms with E-state index >= 15 is 0 Å². The molecular weight excluding hydrogens is 264 g/mol. The summed E-state index contributed by atoms with van der Waals surface area (Å²) in [6.07, 6.45) is 4.00. The number of hydrogen-bond donors (Lipinski definition) is 1. The number of anilines is 1. The fourth-order valence-corrected chi connectivity index (χ4v) is 2.43. The van der Waals surface area contributed by atoms with Crippen LogP contribution in [0.3, 0.4) is 0 Å². The Balaban J connectivity index is 2.02. The molecule has 1 aromatic rings. The second kappa shape index (κ2) is 4.88. The van der Waals surface area contributed by atoms with Gasteiger partial charge in [0.05, 0.1) is 11.6 Å². The number of rotatable bonds is 4. The van der Waals surface area contributed by atoms with Crippen LogP contribution in [-0.4, -0.2) is 6.04 Å². The number of nitrogens with zero attached hydrogens (tertiary/aromatic N) is 1. The molecule has 16 heavy (non-hydrogen) atoms. The van der Waals surface area contributed by atoms with E-state index in [0.717, 1.165) is 16.1 Å². The molecule has 0 radical (unpaired) electrons. The van der Waals surface area contributed by atoms with Crippen LogP contribution in [0.4, 0.5) is 5.69 Å². The lowest BCUT2D eigenvalue weighted by Crippen LogP contribution is -2.15. The fourth-order valence-electron chi connectivity index (χ4n) is 1.93. The Morgan fingerprint density at radius 1 is 1.50 bits per heavy atom. The summed E-state index contributed by atoms with van der Waals surface area (Å²) in [5, 5.41) is 12.3. The summed E-state index contributed by atoms with van der Waals surface area (Å²) in [4.78, 5) is 0. The van der Waals surface area contributed by atoms with Gasteiger partial charge < -0.3 is 5.32 Å². The average molecular weight is 279 g/mol. The van der Waals surface area contributed by atoms with Crippen LogP contribution in [0.5, 0.6) is 0 Å². The van der Waals surface area contributed by atoms with E-state index in [2.05, 4.69) is 34.2 Å². The molecule has 2 nitrogen and oxygen atoms in total. The van der Waals surface area contributed by atoms with Crippen molar-refractivity contribution < 1.29 is 0 Å². The molecule has 0 amide bonds. The Morgan fingerprint density at radius 2 is 2.25 bits per heavy atom. The van der Waals surface area contributed by atoms with E-state index < -0.39 is 0 Å². The minimum atomic E-state index is 0.480. The zero-order valence-corrected chi connectivity index (χ0v) is 10.9. The van der Waals surface area contributed by atoms with Crippen molar-refractivity contribution in [1.29, 1.82) is 5.26 Å². The highest BCUT2D eigenvalue weighted by atomic mass is 79.9. The zero-order valence-electron chi connectivity index (χ0n) is 9.33. The van der Waals surface area contributed by atoms with Gasteiger partial charge in [-0.05, 0) is 37.5 Å². The topological polar surface area (TPSA) is 35.8 Å². The third-order valence-corrected chi connectivity index (χ3v) is 3.28. The van der Waals surface area contributed by atoms with Crippen molar-refractivity contribution in [2.75, 3.05) is 5.32 Å². The van der Waals surface area contributed by atoms with Crippen LogP contribution < -0.4 is 5.32 Å². The van der Waals surface area contributed by atoms with Crippen LogP contribution in [0.15, 0.2) is 22.7 Å². The highest BCUT2D eigenvalue weighted by molar-refractivity contribution is 9.10. The minimum absolute atomic E-state index is 0.480. The number of nitrogens with one attached hydrogen (secondary N) is 1. The van der Waals surface area contributed by atoms with Gasteiger partial charge in [-0.3, -0.25) is 0 Å². The van der Waals surface area contributed by atoms with Gasteiger partial charge in [0.1, 0.15) is 0 Å². The molecule has 2 rings (SSSR count). The SMILES string of the molecule is CC(CC1CC1)Nc1cc(Br)cc(C#N)c1. The van der Waals surface area contributed by atoms with Crippen LogP contribution in [-0.2, 0) is 0 Å². The maximum absolute atomic E-state index is 8.88. The van der Waals surface area contributed by atoms with Crippen LogP contribution in [0, 0.1) is 17.2 Å². The molecule has 0 spiro atoms. The molecule has 1 aromatic carbocycles. The normalized spacial score (nSPS) is 16.6. The molecule has 0 saturated heterocycles. The molecule has 84 valence electrons. The van der Waals surface area contributed by atoms with Gasteiger partial charge in [-0.15, -0.1) is 0 Å². The predicted molar refractivity (Wildman–Crippen MR) is 69.3 cm³/mol. The monoisotopic (exact) mass is 278 g/mol. The van der Waals surface area contributed by atoms with Crippen molar-refractivity contribution in [3.63, 3.8) is 0 Å². The summed E-state index contributed by atoms with van der Waals surface area (Å²) < 4.78 is 0.952. The van der Waals surface area contributed by atoms with Gasteiger partial charge in [0.25, 0.3) is 0 Å². The molecule has 0 bridgehead atoms. The first-order chi connectivity index (χ1) is 7.67. The van der Waals surface area contributed by atoms with Gasteiger partial charge >= 0.3 is 0 Å². The quantitative estimate of drug-likeness (QED) is 0.906. The summed E-state index contributed by atoms with van der Waals surface area (Å²) in [6, 6.07) is 8.39. The standard InChI is InChI=1S/C13H15BrN2/c1-9(4-10-2-3-10)16-13-6-11(8-15)5-12(14)7-13/h5-7,9-10,16H,2-4H2,1H3. The first kappa shape index (κ1) is 11.5. The molecule has 1 atom stereocenters. The van der Waals surface area contributed by atoms with Gasteiger partial charge in [0.2, 0.25) is 0 Å². The van der Waals surface area contributed by atoms with E-state index in [0.29, 0.717) is 11.6 Å². The zero-order chi connectivity index (χ0) is 11.5. The molecule has 1 unspecified atom stereocenters. The molecule has 1 N–H and O–H groups in total. The largest absolute Gasteiger partial charge is 0.383 e. The number of hydrogen-bond acceptors (Lipinski definition) is 2. The highest BCUT2D eigenvalue weighted by Gasteiger charge is 2.23. The van der Waals surface area contributed by atoms with E-state index in [4.69, 9.17) is 5.26 Å². The third kappa shape index (κ3) is 3.24. The highest BCUT2D eigenvalue weighted by Crippen LogP contribution is 2.34. The van der Waals surface area contributed by atoms with Gasteiger partial charge in [-0.25, -0.2) is 0 Å². The Hall–Kier alpha value is -1.01. The maximum Gasteiger partial charge on any atom is 0.0992 e. The van der Waals surface area contributed by atoms with E-state index in [9.17, 15) is 0 Å². The van der Waals surface area contributed by atoms with Gasteiger partial charge in [-0.2, -0.15) is 5.26 Å². The van der Waals surface area contributed by atoms with Gasteiger partial charge in [0, 0.05) is 16.2 Å². The molecule has 0 aliphatic heterocycles. The number of nitriles is 1. The van der Waals surface area contributed by atoms with Crippen molar-refractivity contribution in [3.8, 4) is 6.07 Å². The van der Waals surface area contributed by atoms with E-state index in [-0.39, 0.29) is 0 Å². The minimum Gasteiger partial charge on any atom is -0.383 e. The molecule has 1 fully saturated rings. The van der Waals surface area contributed by atoms with Gasteiger partial charge in [-0.1, -0.05) is 28.8 Å². The Kier molecular flexibility index (Phi) is 3.50. The first-order valence-electron chi connectivity index (χ1n) is 5.64. The van der Waals surface area contributed by atoms with Crippen LogP contribution in [0.1, 0.15) is 31.7 Å². The van der Waals surface area contributed by atoms with E-state index in [1.165, 1.54) is 19.3 Å². The summed E-state index contributed by atoms with van der Waals surface area (Å²) >= 11 is 3.42. The second-order valence-corrected chi connectivity index (χ2v) is 5.48. The lowest BCUT2D eigenvalue weighted by Gasteiger charge is -2.15. The summed E-state index contributed by atoms with van der Waals surface area (Å²) in [7, 11) is 0. The number of halogens is 1. The smallest absolute Gasteiger partial charge is 0.0992 e. The first-order valence-corrected chi connectivity index (χ1v) is 6.44. The molecule has 1 aliphatic rings. The molecule has 1 saturated carbocycles. The second-order valence-electron chi connectivity index (χ2n) is 4.56. The van der Waals surface area contributed by atoms with Gasteiger partial charge in [0.15, 0.2) is 0 Å². The van der Waals surface area contributed by atoms with Crippen molar-refractivity contribution in [1.82, 2.24) is 0 Å². The number of benzene rings is 1. The molecule has 0 heterocycles. The summed E-state index contributed by atoms with van der Waals surface area (Å²) in [5.74, 6) is 0.921. The predicted octanol–water partition coefficient (Wildman–Crippen LogP) is 3.92. The Labute approximate surface area is 105 Å². The van der Waals surface area contributed by atoms with Crippen LogP contribution in [0.25, 0.3) is 0 Å². The molecule has 0 aromatic heterocycles. The lowest BCUT2D eigenvalue weighted by molar-refractivity contribution is 0.642. The summed E-state index contributed by atoms with van der Waals surface area (Å²) in [6.45, 7) is 2.20. The van der Waals surface area contributed by atoms with Crippen molar-refractivity contribution in [3.05, 3.63) is 28.2 Å². The fraction of sp³-hybridized carbons (Fsp3) is 0.462. The lowest BCUT2D eigenvalue weighted by atomic mass is 10.1. The van der Waals surface area contributed by atoms with Crippen molar-refractivity contribution in [2.45, 2.75) is 32.2 Å². The summed E-state index contributed by atoms with van der Waals surface area (Å²) in [5.41, 5.74) is 1.72. The van der Waals surface area contributed by atoms with E-state index in [1.54, 1.807) is 0 Å². The molecule has 3 heteroatoms. The van der Waals surface area contributed by atoms with E-state index in [1.807, 2.05) is 18.2 Å². The Morgan fingerprint density at radius 3 is 2.88 bits per heavy atom. The molecule has 1 aliphatic carbocycles. The van der Waals surface area contributed by atoms with Crippen molar-refractivity contribution >= 4 is 21.6 Å². The maximum atomic E-state index is 8.88. The molecular formula is C13H15BrN2. The van der Waals surface area contributed by atoms with Crippen LogP contribution >= 0.6 is 15.9 Å². The van der Waals surface area contributed by atoms with Crippen molar-refractivity contribution in [2.24, 2.45) is 5.92 Å². The average Bonchev–Trinajstić information content (AvgIpc) is 3.00. The van der Waals surface area contributed by atoms with Crippen LogP contribution in [0.2, 0.25) is 0 Å². The Bertz CT molecular complexity index is 418.